The topological polar surface area (TPSA) is 48.5 Å². The first-order valence-electron chi connectivity index (χ1n) is 6.79. The highest BCUT2D eigenvalue weighted by Gasteiger charge is 2.20. The Kier molecular flexibility index (Phi) is 5.30. The second-order valence-corrected chi connectivity index (χ2v) is 5.82. The molecule has 0 aromatic carbocycles. The van der Waals surface area contributed by atoms with Crippen LogP contribution in [0.15, 0.2) is 11.6 Å². The number of hydrogen-bond donors (Lipinski definition) is 1. The molecule has 1 saturated heterocycles. The highest BCUT2D eigenvalue weighted by molar-refractivity contribution is 7.09. The van der Waals surface area contributed by atoms with Crippen molar-refractivity contribution in [3.05, 3.63) is 16.6 Å². The average molecular weight is 282 g/mol. The number of amides is 1. The summed E-state index contributed by atoms with van der Waals surface area (Å²) in [5, 5.41) is 6.36. The molecule has 0 spiro atoms. The van der Waals surface area contributed by atoms with Crippen molar-refractivity contribution in [1.29, 1.82) is 0 Å². The largest absolute Gasteiger partial charge is 0.339 e. The molecule has 1 aromatic rings. The Balaban J connectivity index is 1.79. The Morgan fingerprint density at radius 3 is 2.79 bits per heavy atom. The smallest absolute Gasteiger partial charge is 0.236 e. The van der Waals surface area contributed by atoms with Crippen LogP contribution in [-0.4, -0.2) is 60.5 Å². The van der Waals surface area contributed by atoms with Gasteiger partial charge in [0.1, 0.15) is 5.01 Å². The van der Waals surface area contributed by atoms with Crippen LogP contribution in [0.5, 0.6) is 0 Å². The summed E-state index contributed by atoms with van der Waals surface area (Å²) in [4.78, 5) is 20.6. The first-order valence-corrected chi connectivity index (χ1v) is 7.67. The number of carbonyl (C=O) groups excluding carboxylic acids is 1. The van der Waals surface area contributed by atoms with Crippen LogP contribution in [0.1, 0.15) is 24.4 Å². The quantitative estimate of drug-likeness (QED) is 0.874. The van der Waals surface area contributed by atoms with Gasteiger partial charge in [-0.15, -0.1) is 11.3 Å². The van der Waals surface area contributed by atoms with Crippen molar-refractivity contribution in [3.8, 4) is 0 Å². The molecular formula is C13H22N4OS. The molecule has 2 rings (SSSR count). The van der Waals surface area contributed by atoms with Crippen LogP contribution in [0.3, 0.4) is 0 Å². The standard InChI is InChI=1S/C13H22N4OS/c1-3-11(13-14-4-9-19-13)15-10-12(18)17-7-5-16(2)6-8-17/h4,9,11,15H,3,5-8,10H2,1-2H3. The summed E-state index contributed by atoms with van der Waals surface area (Å²) in [6.45, 7) is 6.13. The zero-order chi connectivity index (χ0) is 13.7. The van der Waals surface area contributed by atoms with Crippen molar-refractivity contribution in [2.24, 2.45) is 0 Å². The Bertz CT molecular complexity index is 387. The molecule has 0 saturated carbocycles. The summed E-state index contributed by atoms with van der Waals surface area (Å²) < 4.78 is 0. The first kappa shape index (κ1) is 14.4. The summed E-state index contributed by atoms with van der Waals surface area (Å²) in [6, 6.07) is 0.191. The van der Waals surface area contributed by atoms with Gasteiger partial charge in [0, 0.05) is 37.8 Å². The fourth-order valence-corrected chi connectivity index (χ4v) is 2.99. The molecular weight excluding hydrogens is 260 g/mol. The van der Waals surface area contributed by atoms with Crippen LogP contribution in [0, 0.1) is 0 Å². The van der Waals surface area contributed by atoms with Gasteiger partial charge in [0.2, 0.25) is 5.91 Å². The number of carbonyl (C=O) groups is 1. The van der Waals surface area contributed by atoms with Crippen molar-refractivity contribution in [2.45, 2.75) is 19.4 Å². The molecule has 5 nitrogen and oxygen atoms in total. The van der Waals surface area contributed by atoms with Gasteiger partial charge >= 0.3 is 0 Å². The van der Waals surface area contributed by atoms with Crippen molar-refractivity contribution in [1.82, 2.24) is 20.1 Å². The number of piperazine rings is 1. The Morgan fingerprint density at radius 1 is 1.47 bits per heavy atom. The molecule has 106 valence electrons. The summed E-state index contributed by atoms with van der Waals surface area (Å²) in [5.41, 5.74) is 0. The molecule has 1 aliphatic heterocycles. The fourth-order valence-electron chi connectivity index (χ4n) is 2.19. The lowest BCUT2D eigenvalue weighted by atomic mass is 10.2. The predicted molar refractivity (Wildman–Crippen MR) is 77.2 cm³/mol. The third kappa shape index (κ3) is 3.99. The first-order chi connectivity index (χ1) is 9.20. The van der Waals surface area contributed by atoms with Crippen LogP contribution in [0.4, 0.5) is 0 Å². The van der Waals surface area contributed by atoms with E-state index in [0.717, 1.165) is 37.6 Å². The third-order valence-corrected chi connectivity index (χ3v) is 4.40. The zero-order valence-corrected chi connectivity index (χ0v) is 12.4. The van der Waals surface area contributed by atoms with E-state index in [9.17, 15) is 4.79 Å². The molecule has 1 atom stereocenters. The minimum absolute atomic E-state index is 0.191. The molecule has 1 fully saturated rings. The average Bonchev–Trinajstić information content (AvgIpc) is 2.94. The van der Waals surface area contributed by atoms with Gasteiger partial charge in [0.25, 0.3) is 0 Å². The monoisotopic (exact) mass is 282 g/mol. The number of hydrogen-bond acceptors (Lipinski definition) is 5. The summed E-state index contributed by atoms with van der Waals surface area (Å²) in [6.07, 6.45) is 2.76. The van der Waals surface area contributed by atoms with Gasteiger partial charge < -0.3 is 9.80 Å². The van der Waals surface area contributed by atoms with Crippen molar-refractivity contribution in [2.75, 3.05) is 39.8 Å². The molecule has 1 aliphatic rings. The Labute approximate surface area is 118 Å². The summed E-state index contributed by atoms with van der Waals surface area (Å²) >= 11 is 1.64. The Hall–Kier alpha value is -0.980. The van der Waals surface area contributed by atoms with Gasteiger partial charge in [-0.05, 0) is 13.5 Å². The Morgan fingerprint density at radius 2 is 2.21 bits per heavy atom. The minimum atomic E-state index is 0.191. The number of aromatic nitrogens is 1. The number of likely N-dealkylation sites (N-methyl/N-ethyl adjacent to an activating group) is 1. The molecule has 0 radical (unpaired) electrons. The van der Waals surface area contributed by atoms with E-state index in [-0.39, 0.29) is 11.9 Å². The van der Waals surface area contributed by atoms with E-state index in [1.54, 1.807) is 11.3 Å². The van der Waals surface area contributed by atoms with E-state index >= 15 is 0 Å². The van der Waals surface area contributed by atoms with Crippen LogP contribution in [0.25, 0.3) is 0 Å². The zero-order valence-electron chi connectivity index (χ0n) is 11.6. The number of thiazole rings is 1. The number of rotatable bonds is 5. The van der Waals surface area contributed by atoms with E-state index < -0.39 is 0 Å². The SMILES string of the molecule is CCC(NCC(=O)N1CCN(C)CC1)c1nccs1. The van der Waals surface area contributed by atoms with Crippen LogP contribution in [0.2, 0.25) is 0 Å². The van der Waals surface area contributed by atoms with Gasteiger partial charge in [-0.2, -0.15) is 0 Å². The highest BCUT2D eigenvalue weighted by atomic mass is 32.1. The minimum Gasteiger partial charge on any atom is -0.339 e. The second kappa shape index (κ2) is 6.98. The predicted octanol–water partition coefficient (Wildman–Crippen LogP) is 0.958. The van der Waals surface area contributed by atoms with E-state index in [4.69, 9.17) is 0 Å². The lowest BCUT2D eigenvalue weighted by molar-refractivity contribution is -0.131. The van der Waals surface area contributed by atoms with Gasteiger partial charge in [0.05, 0.1) is 12.6 Å². The van der Waals surface area contributed by atoms with Crippen LogP contribution in [-0.2, 0) is 4.79 Å². The van der Waals surface area contributed by atoms with Gasteiger partial charge in [-0.25, -0.2) is 4.98 Å². The molecule has 19 heavy (non-hydrogen) atoms. The lowest BCUT2D eigenvalue weighted by Gasteiger charge is -2.32. The summed E-state index contributed by atoms with van der Waals surface area (Å²) in [7, 11) is 2.09. The molecule has 0 bridgehead atoms. The molecule has 2 heterocycles. The van der Waals surface area contributed by atoms with E-state index in [0.29, 0.717) is 6.54 Å². The van der Waals surface area contributed by atoms with E-state index in [2.05, 4.69) is 29.2 Å². The third-order valence-electron chi connectivity index (χ3n) is 3.51. The van der Waals surface area contributed by atoms with E-state index in [1.165, 1.54) is 0 Å². The number of nitrogens with zero attached hydrogens (tertiary/aromatic N) is 3. The maximum absolute atomic E-state index is 12.1. The van der Waals surface area contributed by atoms with Gasteiger partial charge in [-0.3, -0.25) is 10.1 Å². The van der Waals surface area contributed by atoms with E-state index in [1.807, 2.05) is 16.5 Å². The molecule has 0 aliphatic carbocycles. The summed E-state index contributed by atoms with van der Waals surface area (Å²) in [5.74, 6) is 0.197. The molecule has 1 unspecified atom stereocenters. The second-order valence-electron chi connectivity index (χ2n) is 4.90. The van der Waals surface area contributed by atoms with Gasteiger partial charge in [0.15, 0.2) is 0 Å². The van der Waals surface area contributed by atoms with Crippen LogP contribution >= 0.6 is 11.3 Å². The number of nitrogens with one attached hydrogen (secondary N) is 1. The van der Waals surface area contributed by atoms with Crippen molar-refractivity contribution in [3.63, 3.8) is 0 Å². The maximum Gasteiger partial charge on any atom is 0.236 e. The van der Waals surface area contributed by atoms with Crippen molar-refractivity contribution >= 4 is 17.2 Å². The van der Waals surface area contributed by atoms with Gasteiger partial charge in [-0.1, -0.05) is 6.92 Å². The molecule has 6 heteroatoms. The van der Waals surface area contributed by atoms with Crippen molar-refractivity contribution < 1.29 is 4.79 Å². The maximum atomic E-state index is 12.1. The van der Waals surface area contributed by atoms with Crippen LogP contribution < -0.4 is 5.32 Å². The fraction of sp³-hybridized carbons (Fsp3) is 0.692. The molecule has 1 N–H and O–H groups in total. The normalized spacial score (nSPS) is 18.5. The lowest BCUT2D eigenvalue weighted by Crippen LogP contribution is -2.49. The highest BCUT2D eigenvalue weighted by Crippen LogP contribution is 2.18. The molecule has 1 aromatic heterocycles. The molecule has 1 amide bonds.